The van der Waals surface area contributed by atoms with Gasteiger partial charge in [0.05, 0.1) is 12.2 Å². The third-order valence-corrected chi connectivity index (χ3v) is 3.95. The van der Waals surface area contributed by atoms with Crippen molar-refractivity contribution < 1.29 is 13.9 Å². The second-order valence-electron chi connectivity index (χ2n) is 6.22. The highest BCUT2D eigenvalue weighted by Crippen LogP contribution is 2.17. The first-order valence-corrected chi connectivity index (χ1v) is 8.04. The second kappa shape index (κ2) is 6.68. The first kappa shape index (κ1) is 16.0. The van der Waals surface area contributed by atoms with Crippen molar-refractivity contribution >= 4 is 17.0 Å². The lowest BCUT2D eigenvalue weighted by Gasteiger charge is -2.35. The van der Waals surface area contributed by atoms with Crippen LogP contribution >= 0.6 is 0 Å². The molecule has 6 nitrogen and oxygen atoms in total. The maximum absolute atomic E-state index is 12.2. The topological polar surface area (TPSA) is 67.6 Å². The van der Waals surface area contributed by atoms with Crippen LogP contribution in [0.4, 0.5) is 0 Å². The molecule has 6 heteroatoms. The molecule has 1 fully saturated rings. The molecule has 0 bridgehead atoms. The average molecular weight is 317 g/mol. The van der Waals surface area contributed by atoms with Gasteiger partial charge in [-0.3, -0.25) is 9.69 Å². The number of nitrogens with one attached hydrogen (secondary N) is 1. The Bertz CT molecular complexity index is 687. The van der Waals surface area contributed by atoms with E-state index in [9.17, 15) is 4.79 Å². The summed E-state index contributed by atoms with van der Waals surface area (Å²) in [6, 6.07) is 5.40. The number of rotatable bonds is 4. The molecular formula is C17H23N3O3. The minimum atomic E-state index is -0.199. The number of amides is 1. The number of fused-ring (bicyclic) bond motifs is 1. The third kappa shape index (κ3) is 3.89. The number of aryl methyl sites for hydroxylation is 1. The summed E-state index contributed by atoms with van der Waals surface area (Å²) < 4.78 is 11.3. The Morgan fingerprint density at radius 1 is 1.35 bits per heavy atom. The molecule has 1 aliphatic rings. The number of nitrogens with zero attached hydrogens (tertiary/aromatic N) is 2. The van der Waals surface area contributed by atoms with Gasteiger partial charge in [-0.1, -0.05) is 0 Å². The molecule has 124 valence electrons. The fraction of sp³-hybridized carbons (Fsp3) is 0.529. The zero-order valence-electron chi connectivity index (χ0n) is 13.8. The molecule has 0 saturated carbocycles. The maximum Gasteiger partial charge on any atom is 0.287 e. The molecule has 23 heavy (non-hydrogen) atoms. The minimum absolute atomic E-state index is 0.199. The van der Waals surface area contributed by atoms with Gasteiger partial charge in [-0.15, -0.1) is 0 Å². The summed E-state index contributed by atoms with van der Waals surface area (Å²) in [6.07, 6.45) is 0.471. The Labute approximate surface area is 135 Å². The Morgan fingerprint density at radius 2 is 2.09 bits per heavy atom. The van der Waals surface area contributed by atoms with Crippen molar-refractivity contribution in [2.24, 2.45) is 0 Å². The molecule has 3 heterocycles. The van der Waals surface area contributed by atoms with Crippen molar-refractivity contribution in [3.8, 4) is 0 Å². The monoisotopic (exact) mass is 317 g/mol. The van der Waals surface area contributed by atoms with Crippen LogP contribution in [0.3, 0.4) is 0 Å². The maximum atomic E-state index is 12.2. The summed E-state index contributed by atoms with van der Waals surface area (Å²) in [6.45, 7) is 9.25. The standard InChI is InChI=1S/C17H23N3O3/c1-11-4-5-15-14(19-11)8-16(23-15)17(21)18-6-7-20-9-12(2)22-13(3)10-20/h4-5,8,12-13H,6-7,9-10H2,1-3H3,(H,18,21). The van der Waals surface area contributed by atoms with E-state index in [1.165, 1.54) is 0 Å². The number of morpholine rings is 1. The van der Waals surface area contributed by atoms with Crippen molar-refractivity contribution in [3.63, 3.8) is 0 Å². The molecular weight excluding hydrogens is 294 g/mol. The van der Waals surface area contributed by atoms with Gasteiger partial charge in [0.1, 0.15) is 5.52 Å². The molecule has 1 aliphatic heterocycles. The van der Waals surface area contributed by atoms with E-state index in [1.54, 1.807) is 6.07 Å². The minimum Gasteiger partial charge on any atom is -0.449 e. The van der Waals surface area contributed by atoms with Crippen LogP contribution in [0.5, 0.6) is 0 Å². The fourth-order valence-corrected chi connectivity index (χ4v) is 3.02. The molecule has 2 aromatic heterocycles. The van der Waals surface area contributed by atoms with Crippen LogP contribution in [0, 0.1) is 6.92 Å². The Morgan fingerprint density at radius 3 is 2.83 bits per heavy atom. The average Bonchev–Trinajstić information content (AvgIpc) is 2.89. The first-order chi connectivity index (χ1) is 11.0. The van der Waals surface area contributed by atoms with Gasteiger partial charge in [-0.25, -0.2) is 4.98 Å². The van der Waals surface area contributed by atoms with Crippen LogP contribution in [0.25, 0.3) is 11.1 Å². The predicted octanol–water partition coefficient (Wildman–Crippen LogP) is 1.98. The summed E-state index contributed by atoms with van der Waals surface area (Å²) in [5.74, 6) is 0.108. The summed E-state index contributed by atoms with van der Waals surface area (Å²) >= 11 is 0. The Balaban J connectivity index is 1.54. The summed E-state index contributed by atoms with van der Waals surface area (Å²) in [5.41, 5.74) is 2.25. The number of carbonyl (C=O) groups is 1. The lowest BCUT2D eigenvalue weighted by atomic mass is 10.2. The van der Waals surface area contributed by atoms with E-state index in [-0.39, 0.29) is 18.1 Å². The Hall–Kier alpha value is -1.92. The number of hydrogen-bond donors (Lipinski definition) is 1. The van der Waals surface area contributed by atoms with Gasteiger partial charge in [-0.05, 0) is 32.9 Å². The summed E-state index contributed by atoms with van der Waals surface area (Å²) in [4.78, 5) is 18.9. The molecule has 2 aromatic rings. The van der Waals surface area contributed by atoms with E-state index in [0.717, 1.165) is 25.3 Å². The van der Waals surface area contributed by atoms with Crippen LogP contribution in [0.2, 0.25) is 0 Å². The van der Waals surface area contributed by atoms with Crippen LogP contribution in [0.15, 0.2) is 22.6 Å². The van der Waals surface area contributed by atoms with Crippen LogP contribution in [0.1, 0.15) is 30.1 Å². The van der Waals surface area contributed by atoms with E-state index in [0.29, 0.717) is 23.4 Å². The van der Waals surface area contributed by atoms with Crippen molar-refractivity contribution in [3.05, 3.63) is 29.7 Å². The molecule has 0 radical (unpaired) electrons. The SMILES string of the molecule is Cc1ccc2oc(C(=O)NCCN3CC(C)OC(C)C3)cc2n1. The highest BCUT2D eigenvalue weighted by Gasteiger charge is 2.22. The highest BCUT2D eigenvalue weighted by atomic mass is 16.5. The van der Waals surface area contributed by atoms with Crippen LogP contribution in [-0.2, 0) is 4.74 Å². The van der Waals surface area contributed by atoms with E-state index < -0.39 is 0 Å². The van der Waals surface area contributed by atoms with Crippen molar-refractivity contribution in [1.29, 1.82) is 0 Å². The van der Waals surface area contributed by atoms with Crippen molar-refractivity contribution in [2.45, 2.75) is 33.0 Å². The van der Waals surface area contributed by atoms with Crippen LogP contribution in [-0.4, -0.2) is 54.2 Å². The molecule has 2 atom stereocenters. The fourth-order valence-electron chi connectivity index (χ4n) is 3.02. The molecule has 1 N–H and O–H groups in total. The zero-order valence-corrected chi connectivity index (χ0v) is 13.8. The molecule has 1 saturated heterocycles. The zero-order chi connectivity index (χ0) is 16.4. The smallest absolute Gasteiger partial charge is 0.287 e. The highest BCUT2D eigenvalue weighted by molar-refractivity contribution is 5.95. The lowest BCUT2D eigenvalue weighted by molar-refractivity contribution is -0.0672. The molecule has 3 rings (SSSR count). The molecule has 2 unspecified atom stereocenters. The van der Waals surface area contributed by atoms with Gasteiger partial charge in [-0.2, -0.15) is 0 Å². The van der Waals surface area contributed by atoms with Gasteiger partial charge in [0.15, 0.2) is 11.3 Å². The quantitative estimate of drug-likeness (QED) is 0.934. The van der Waals surface area contributed by atoms with Crippen molar-refractivity contribution in [1.82, 2.24) is 15.2 Å². The first-order valence-electron chi connectivity index (χ1n) is 8.04. The van der Waals surface area contributed by atoms with E-state index in [2.05, 4.69) is 29.0 Å². The second-order valence-corrected chi connectivity index (χ2v) is 6.22. The van der Waals surface area contributed by atoms with Crippen molar-refractivity contribution in [2.75, 3.05) is 26.2 Å². The van der Waals surface area contributed by atoms with E-state index in [4.69, 9.17) is 9.15 Å². The molecule has 0 spiro atoms. The number of hydrogen-bond acceptors (Lipinski definition) is 5. The van der Waals surface area contributed by atoms with Gasteiger partial charge in [0.25, 0.3) is 5.91 Å². The predicted molar refractivity (Wildman–Crippen MR) is 87.5 cm³/mol. The van der Waals surface area contributed by atoms with Crippen LogP contribution < -0.4 is 5.32 Å². The molecule has 0 aromatic carbocycles. The summed E-state index contributed by atoms with van der Waals surface area (Å²) in [7, 11) is 0. The lowest BCUT2D eigenvalue weighted by Crippen LogP contribution is -2.47. The number of carbonyl (C=O) groups excluding carboxylic acids is 1. The summed E-state index contributed by atoms with van der Waals surface area (Å²) in [5, 5.41) is 2.91. The number of furan rings is 1. The molecule has 0 aliphatic carbocycles. The number of ether oxygens (including phenoxy) is 1. The number of pyridine rings is 1. The van der Waals surface area contributed by atoms with Gasteiger partial charge < -0.3 is 14.5 Å². The van der Waals surface area contributed by atoms with Gasteiger partial charge >= 0.3 is 0 Å². The Kier molecular flexibility index (Phi) is 4.63. The third-order valence-electron chi connectivity index (χ3n) is 3.95. The largest absolute Gasteiger partial charge is 0.449 e. The van der Waals surface area contributed by atoms with Gasteiger partial charge in [0.2, 0.25) is 0 Å². The van der Waals surface area contributed by atoms with E-state index in [1.807, 2.05) is 19.1 Å². The number of aromatic nitrogens is 1. The normalized spacial score (nSPS) is 22.4. The van der Waals surface area contributed by atoms with Gasteiger partial charge in [0, 0.05) is 37.9 Å². The molecule has 1 amide bonds. The van der Waals surface area contributed by atoms with E-state index >= 15 is 0 Å².